The van der Waals surface area contributed by atoms with Crippen LogP contribution in [0.15, 0.2) is 42.5 Å². The number of hydrogen-bond acceptors (Lipinski definition) is 5. The second kappa shape index (κ2) is 8.75. The molecule has 0 aliphatic carbocycles. The minimum absolute atomic E-state index is 0.0801. The van der Waals surface area contributed by atoms with E-state index in [4.69, 9.17) is 14.2 Å². The molecule has 1 amide bonds. The minimum Gasteiger partial charge on any atom is -0.497 e. The van der Waals surface area contributed by atoms with Gasteiger partial charge in [-0.3, -0.25) is 9.59 Å². The maximum absolute atomic E-state index is 12.9. The number of benzene rings is 2. The summed E-state index contributed by atoms with van der Waals surface area (Å²) in [4.78, 5) is 25.4. The third-order valence-corrected chi connectivity index (χ3v) is 3.74. The molecule has 0 saturated carbocycles. The highest BCUT2D eigenvalue weighted by atomic mass is 16.5. The summed E-state index contributed by atoms with van der Waals surface area (Å²) in [6.45, 7) is -0.368. The van der Waals surface area contributed by atoms with E-state index in [1.165, 1.54) is 26.2 Å². The zero-order valence-electron chi connectivity index (χ0n) is 14.9. The van der Waals surface area contributed by atoms with Gasteiger partial charge in [0.2, 0.25) is 0 Å². The highest BCUT2D eigenvalue weighted by molar-refractivity contribution is 5.98. The fourth-order valence-electron chi connectivity index (χ4n) is 2.53. The first kappa shape index (κ1) is 19.1. The molecule has 0 radical (unpaired) electrons. The molecular formula is C19H21NO6. The number of ether oxygens (including phenoxy) is 3. The van der Waals surface area contributed by atoms with Gasteiger partial charge in [-0.1, -0.05) is 12.1 Å². The van der Waals surface area contributed by atoms with Crippen LogP contribution in [0.4, 0.5) is 0 Å². The maximum Gasteiger partial charge on any atom is 0.323 e. The van der Waals surface area contributed by atoms with Crippen molar-refractivity contribution < 1.29 is 28.9 Å². The summed E-state index contributed by atoms with van der Waals surface area (Å²) in [5, 5.41) is 9.21. The van der Waals surface area contributed by atoms with E-state index in [1.807, 2.05) is 0 Å². The van der Waals surface area contributed by atoms with Crippen molar-refractivity contribution in [2.75, 3.05) is 27.9 Å². The molecule has 1 N–H and O–H groups in total. The van der Waals surface area contributed by atoms with Crippen molar-refractivity contribution >= 4 is 11.9 Å². The van der Waals surface area contributed by atoms with Crippen molar-refractivity contribution in [3.63, 3.8) is 0 Å². The molecule has 0 aliphatic heterocycles. The average molecular weight is 359 g/mol. The first-order chi connectivity index (χ1) is 12.5. The Morgan fingerprint density at radius 3 is 2.12 bits per heavy atom. The third kappa shape index (κ3) is 4.66. The molecular weight excluding hydrogens is 338 g/mol. The van der Waals surface area contributed by atoms with E-state index < -0.39 is 18.4 Å². The molecule has 0 heterocycles. The van der Waals surface area contributed by atoms with Crippen LogP contribution in [0.25, 0.3) is 0 Å². The number of hydrogen-bond donors (Lipinski definition) is 1. The molecule has 2 aromatic rings. The number of nitrogens with zero attached hydrogens (tertiary/aromatic N) is 1. The lowest BCUT2D eigenvalue weighted by Crippen LogP contribution is -2.35. The van der Waals surface area contributed by atoms with Gasteiger partial charge in [0, 0.05) is 12.6 Å². The van der Waals surface area contributed by atoms with Crippen LogP contribution in [0, 0.1) is 0 Å². The zero-order chi connectivity index (χ0) is 19.1. The van der Waals surface area contributed by atoms with Crippen LogP contribution >= 0.6 is 0 Å². The first-order valence-corrected chi connectivity index (χ1v) is 7.84. The summed E-state index contributed by atoms with van der Waals surface area (Å²) in [7, 11) is 4.50. The zero-order valence-corrected chi connectivity index (χ0v) is 14.9. The van der Waals surface area contributed by atoms with Gasteiger partial charge < -0.3 is 24.2 Å². The number of carboxylic acids is 1. The normalized spacial score (nSPS) is 10.1. The molecule has 0 bridgehead atoms. The van der Waals surface area contributed by atoms with Crippen molar-refractivity contribution in [1.82, 2.24) is 4.90 Å². The summed E-state index contributed by atoms with van der Waals surface area (Å²) in [6, 6.07) is 11.9. The van der Waals surface area contributed by atoms with E-state index in [2.05, 4.69) is 0 Å². The standard InChI is InChI=1S/C19H21NO6/c1-24-14-8-13(9-15(10-14)25-2)11-20(12-18(21)22)19(23)16-6-4-5-7-17(16)26-3/h4-10H,11-12H2,1-3H3,(H,21,22). The lowest BCUT2D eigenvalue weighted by atomic mass is 10.1. The van der Waals surface area contributed by atoms with Crippen molar-refractivity contribution in [3.05, 3.63) is 53.6 Å². The largest absolute Gasteiger partial charge is 0.497 e. The smallest absolute Gasteiger partial charge is 0.323 e. The maximum atomic E-state index is 12.9. The molecule has 0 fully saturated rings. The Morgan fingerprint density at radius 1 is 0.962 bits per heavy atom. The van der Waals surface area contributed by atoms with Crippen LogP contribution in [-0.4, -0.2) is 49.8 Å². The van der Waals surface area contributed by atoms with E-state index in [9.17, 15) is 14.7 Å². The Hall–Kier alpha value is -3.22. The summed E-state index contributed by atoms with van der Waals surface area (Å²) < 4.78 is 15.7. The van der Waals surface area contributed by atoms with Crippen molar-refractivity contribution in [3.8, 4) is 17.2 Å². The third-order valence-electron chi connectivity index (χ3n) is 3.74. The molecule has 2 aromatic carbocycles. The Kier molecular flexibility index (Phi) is 6.43. The predicted octanol–water partition coefficient (Wildman–Crippen LogP) is 2.44. The fraction of sp³-hybridized carbons (Fsp3) is 0.263. The lowest BCUT2D eigenvalue weighted by Gasteiger charge is -2.22. The van der Waals surface area contributed by atoms with Crippen LogP contribution in [-0.2, 0) is 11.3 Å². The van der Waals surface area contributed by atoms with Crippen molar-refractivity contribution in [2.24, 2.45) is 0 Å². The molecule has 138 valence electrons. The minimum atomic E-state index is -1.11. The number of carbonyl (C=O) groups excluding carboxylic acids is 1. The average Bonchev–Trinajstić information content (AvgIpc) is 2.66. The Morgan fingerprint density at radius 2 is 1.58 bits per heavy atom. The summed E-state index contributed by atoms with van der Waals surface area (Å²) in [5.74, 6) is -0.0513. The predicted molar refractivity (Wildman–Crippen MR) is 94.9 cm³/mol. The molecule has 26 heavy (non-hydrogen) atoms. The second-order valence-electron chi connectivity index (χ2n) is 5.48. The Bertz CT molecular complexity index is 767. The SMILES string of the molecule is COc1cc(CN(CC(=O)O)C(=O)c2ccccc2OC)cc(OC)c1. The van der Waals surface area contributed by atoms with Gasteiger partial charge in [-0.25, -0.2) is 0 Å². The molecule has 0 spiro atoms. The van der Waals surface area contributed by atoms with Gasteiger partial charge in [-0.15, -0.1) is 0 Å². The van der Waals surface area contributed by atoms with Gasteiger partial charge in [0.25, 0.3) is 5.91 Å². The molecule has 0 aliphatic rings. The molecule has 0 atom stereocenters. The first-order valence-electron chi connectivity index (χ1n) is 7.84. The van der Waals surface area contributed by atoms with E-state index in [0.29, 0.717) is 28.4 Å². The van der Waals surface area contributed by atoms with E-state index in [-0.39, 0.29) is 6.54 Å². The van der Waals surface area contributed by atoms with E-state index in [1.54, 1.807) is 42.5 Å². The quantitative estimate of drug-likeness (QED) is 0.779. The topological polar surface area (TPSA) is 85.3 Å². The van der Waals surface area contributed by atoms with Gasteiger partial charge >= 0.3 is 5.97 Å². The summed E-state index contributed by atoms with van der Waals surface area (Å²) >= 11 is 0. The molecule has 7 heteroatoms. The van der Waals surface area contributed by atoms with Crippen molar-refractivity contribution in [2.45, 2.75) is 6.54 Å². The number of para-hydroxylation sites is 1. The van der Waals surface area contributed by atoms with E-state index >= 15 is 0 Å². The number of amides is 1. The van der Waals surface area contributed by atoms with Crippen LogP contribution in [0.3, 0.4) is 0 Å². The van der Waals surface area contributed by atoms with Gasteiger partial charge in [-0.05, 0) is 29.8 Å². The number of aliphatic carboxylic acids is 1. The number of rotatable bonds is 8. The number of carboxylic acid groups (broad SMARTS) is 1. The number of carbonyl (C=O) groups is 2. The van der Waals surface area contributed by atoms with Crippen LogP contribution < -0.4 is 14.2 Å². The molecule has 7 nitrogen and oxygen atoms in total. The van der Waals surface area contributed by atoms with Crippen LogP contribution in [0.1, 0.15) is 15.9 Å². The highest BCUT2D eigenvalue weighted by Gasteiger charge is 2.22. The summed E-state index contributed by atoms with van der Waals surface area (Å²) in [6.07, 6.45) is 0. The van der Waals surface area contributed by atoms with Gasteiger partial charge in [0.15, 0.2) is 0 Å². The van der Waals surface area contributed by atoms with Crippen molar-refractivity contribution in [1.29, 1.82) is 0 Å². The van der Waals surface area contributed by atoms with E-state index in [0.717, 1.165) is 0 Å². The number of methoxy groups -OCH3 is 3. The Balaban J connectivity index is 2.36. The van der Waals surface area contributed by atoms with Crippen LogP contribution in [0.2, 0.25) is 0 Å². The Labute approximate surface area is 151 Å². The van der Waals surface area contributed by atoms with Gasteiger partial charge in [-0.2, -0.15) is 0 Å². The molecule has 0 aromatic heterocycles. The van der Waals surface area contributed by atoms with Gasteiger partial charge in [0.05, 0.1) is 26.9 Å². The monoisotopic (exact) mass is 359 g/mol. The van der Waals surface area contributed by atoms with Gasteiger partial charge in [0.1, 0.15) is 23.8 Å². The van der Waals surface area contributed by atoms with Crippen LogP contribution in [0.5, 0.6) is 17.2 Å². The highest BCUT2D eigenvalue weighted by Crippen LogP contribution is 2.25. The fourth-order valence-corrected chi connectivity index (χ4v) is 2.53. The molecule has 0 unspecified atom stereocenters. The second-order valence-corrected chi connectivity index (χ2v) is 5.48. The summed E-state index contributed by atoms with van der Waals surface area (Å²) in [5.41, 5.74) is 0.983. The lowest BCUT2D eigenvalue weighted by molar-refractivity contribution is -0.137. The molecule has 2 rings (SSSR count). The molecule has 0 saturated heterocycles.